The monoisotopic (exact) mass is 283 g/mol. The van der Waals surface area contributed by atoms with Gasteiger partial charge in [-0.25, -0.2) is 4.39 Å². The standard InChI is InChI=1S/C17H14FNO2/c1-10-4-6-13(8-14(10)12(3)20)21-17-15(9-19)11(2)5-7-16(17)18/h4-8H,1-3H3. The first kappa shape index (κ1) is 14.7. The number of nitriles is 1. The quantitative estimate of drug-likeness (QED) is 0.789. The van der Waals surface area contributed by atoms with E-state index in [-0.39, 0.29) is 17.1 Å². The predicted molar refractivity (Wildman–Crippen MR) is 77.1 cm³/mol. The highest BCUT2D eigenvalue weighted by Gasteiger charge is 2.15. The molecule has 0 saturated heterocycles. The van der Waals surface area contributed by atoms with Crippen LogP contribution < -0.4 is 4.74 Å². The zero-order valence-electron chi connectivity index (χ0n) is 12.0. The number of aryl methyl sites for hydroxylation is 2. The van der Waals surface area contributed by atoms with Crippen molar-refractivity contribution in [2.75, 3.05) is 0 Å². The molecule has 0 aliphatic rings. The van der Waals surface area contributed by atoms with E-state index in [4.69, 9.17) is 10.00 Å². The topological polar surface area (TPSA) is 50.1 Å². The summed E-state index contributed by atoms with van der Waals surface area (Å²) in [6.45, 7) is 4.98. The second kappa shape index (κ2) is 5.76. The first-order valence-electron chi connectivity index (χ1n) is 6.42. The van der Waals surface area contributed by atoms with Gasteiger partial charge in [0.2, 0.25) is 0 Å². The number of halogens is 1. The van der Waals surface area contributed by atoms with Crippen LogP contribution in [0.4, 0.5) is 4.39 Å². The molecule has 0 aliphatic heterocycles. The van der Waals surface area contributed by atoms with Gasteiger partial charge in [0.1, 0.15) is 17.4 Å². The predicted octanol–water partition coefficient (Wildman–Crippen LogP) is 4.31. The Balaban J connectivity index is 2.49. The molecule has 0 unspecified atom stereocenters. The normalized spacial score (nSPS) is 10.0. The molecule has 0 atom stereocenters. The Kier molecular flexibility index (Phi) is 4.04. The van der Waals surface area contributed by atoms with Gasteiger partial charge in [-0.2, -0.15) is 5.26 Å². The zero-order valence-corrected chi connectivity index (χ0v) is 12.0. The van der Waals surface area contributed by atoms with Crippen LogP contribution in [-0.2, 0) is 0 Å². The molecule has 3 nitrogen and oxygen atoms in total. The highest BCUT2D eigenvalue weighted by molar-refractivity contribution is 5.95. The average molecular weight is 283 g/mol. The van der Waals surface area contributed by atoms with Gasteiger partial charge in [-0.3, -0.25) is 4.79 Å². The van der Waals surface area contributed by atoms with E-state index in [1.54, 1.807) is 25.1 Å². The van der Waals surface area contributed by atoms with E-state index in [9.17, 15) is 9.18 Å². The Morgan fingerprint density at radius 1 is 1.19 bits per heavy atom. The Bertz CT molecular complexity index is 760. The van der Waals surface area contributed by atoms with Crippen molar-refractivity contribution in [3.8, 4) is 17.6 Å². The molecule has 0 aliphatic carbocycles. The maximum atomic E-state index is 13.9. The van der Waals surface area contributed by atoms with Crippen LogP contribution in [0.2, 0.25) is 0 Å². The lowest BCUT2D eigenvalue weighted by molar-refractivity contribution is 0.101. The van der Waals surface area contributed by atoms with Crippen LogP contribution in [0.1, 0.15) is 34.0 Å². The highest BCUT2D eigenvalue weighted by atomic mass is 19.1. The van der Waals surface area contributed by atoms with Gasteiger partial charge in [-0.15, -0.1) is 0 Å². The molecule has 0 heterocycles. The van der Waals surface area contributed by atoms with E-state index in [1.165, 1.54) is 19.1 Å². The van der Waals surface area contributed by atoms with Gasteiger partial charge in [0.25, 0.3) is 0 Å². The maximum absolute atomic E-state index is 13.9. The summed E-state index contributed by atoms with van der Waals surface area (Å²) in [7, 11) is 0. The molecule has 106 valence electrons. The minimum absolute atomic E-state index is 0.0943. The molecule has 0 aromatic heterocycles. The lowest BCUT2D eigenvalue weighted by Gasteiger charge is -2.11. The van der Waals surface area contributed by atoms with Crippen molar-refractivity contribution in [2.24, 2.45) is 0 Å². The highest BCUT2D eigenvalue weighted by Crippen LogP contribution is 2.31. The van der Waals surface area contributed by atoms with E-state index in [1.807, 2.05) is 13.0 Å². The van der Waals surface area contributed by atoms with E-state index in [2.05, 4.69) is 0 Å². The van der Waals surface area contributed by atoms with Crippen LogP contribution >= 0.6 is 0 Å². The molecular formula is C17H14FNO2. The van der Waals surface area contributed by atoms with Crippen LogP contribution in [-0.4, -0.2) is 5.78 Å². The molecule has 2 rings (SSSR count). The van der Waals surface area contributed by atoms with Gasteiger partial charge in [0, 0.05) is 5.56 Å². The summed E-state index contributed by atoms with van der Waals surface area (Å²) in [4.78, 5) is 11.5. The molecule has 0 bridgehead atoms. The summed E-state index contributed by atoms with van der Waals surface area (Å²) < 4.78 is 19.4. The summed E-state index contributed by atoms with van der Waals surface area (Å²) >= 11 is 0. The van der Waals surface area contributed by atoms with Gasteiger partial charge in [0.05, 0.1) is 0 Å². The largest absolute Gasteiger partial charge is 0.453 e. The maximum Gasteiger partial charge on any atom is 0.181 e. The first-order chi connectivity index (χ1) is 9.93. The van der Waals surface area contributed by atoms with Gasteiger partial charge < -0.3 is 4.74 Å². The third-order valence-corrected chi connectivity index (χ3v) is 3.24. The second-order valence-corrected chi connectivity index (χ2v) is 4.82. The number of carbonyl (C=O) groups is 1. The van der Waals surface area contributed by atoms with Crippen LogP contribution in [0.3, 0.4) is 0 Å². The molecule has 2 aromatic carbocycles. The Hall–Kier alpha value is -2.67. The van der Waals surface area contributed by atoms with E-state index >= 15 is 0 Å². The summed E-state index contributed by atoms with van der Waals surface area (Å²) in [5.74, 6) is -0.493. The van der Waals surface area contributed by atoms with Gasteiger partial charge >= 0.3 is 0 Å². The summed E-state index contributed by atoms with van der Waals surface area (Å²) in [5.41, 5.74) is 2.12. The number of benzene rings is 2. The Morgan fingerprint density at radius 3 is 2.48 bits per heavy atom. The molecule has 0 spiro atoms. The number of Topliss-reactive ketones (excluding diaryl/α,β-unsaturated/α-hetero) is 1. The summed E-state index contributed by atoms with van der Waals surface area (Å²) in [5, 5.41) is 9.14. The lowest BCUT2D eigenvalue weighted by atomic mass is 10.1. The zero-order chi connectivity index (χ0) is 15.6. The number of ether oxygens (including phenoxy) is 1. The minimum atomic E-state index is -0.609. The van der Waals surface area contributed by atoms with Crippen molar-refractivity contribution < 1.29 is 13.9 Å². The minimum Gasteiger partial charge on any atom is -0.453 e. The van der Waals surface area contributed by atoms with E-state index in [0.717, 1.165) is 5.56 Å². The molecule has 0 amide bonds. The molecule has 21 heavy (non-hydrogen) atoms. The van der Waals surface area contributed by atoms with Crippen LogP contribution in [0, 0.1) is 31.0 Å². The van der Waals surface area contributed by atoms with E-state index < -0.39 is 5.82 Å². The summed E-state index contributed by atoms with van der Waals surface area (Å²) in [6.07, 6.45) is 0. The lowest BCUT2D eigenvalue weighted by Crippen LogP contribution is -1.99. The number of rotatable bonds is 3. The fraction of sp³-hybridized carbons (Fsp3) is 0.176. The number of carbonyl (C=O) groups excluding carboxylic acids is 1. The second-order valence-electron chi connectivity index (χ2n) is 4.82. The van der Waals surface area contributed by atoms with Crippen molar-refractivity contribution in [2.45, 2.75) is 20.8 Å². The number of hydrogen-bond donors (Lipinski definition) is 0. The van der Waals surface area contributed by atoms with Crippen molar-refractivity contribution >= 4 is 5.78 Å². The molecule has 0 radical (unpaired) electrons. The van der Waals surface area contributed by atoms with Gasteiger partial charge in [-0.1, -0.05) is 12.1 Å². The van der Waals surface area contributed by atoms with Crippen molar-refractivity contribution in [3.05, 3.63) is 58.4 Å². The van der Waals surface area contributed by atoms with Crippen molar-refractivity contribution in [1.29, 1.82) is 5.26 Å². The Morgan fingerprint density at radius 2 is 1.86 bits per heavy atom. The fourth-order valence-corrected chi connectivity index (χ4v) is 2.06. The third-order valence-electron chi connectivity index (χ3n) is 3.24. The smallest absolute Gasteiger partial charge is 0.181 e. The Labute approximate surface area is 122 Å². The van der Waals surface area contributed by atoms with Crippen LogP contribution in [0.5, 0.6) is 11.5 Å². The third kappa shape index (κ3) is 2.92. The molecule has 4 heteroatoms. The van der Waals surface area contributed by atoms with Crippen molar-refractivity contribution in [3.63, 3.8) is 0 Å². The average Bonchev–Trinajstić information content (AvgIpc) is 2.44. The van der Waals surface area contributed by atoms with E-state index in [0.29, 0.717) is 16.9 Å². The van der Waals surface area contributed by atoms with Gasteiger partial charge in [0.15, 0.2) is 17.3 Å². The number of nitrogens with zero attached hydrogens (tertiary/aromatic N) is 1. The van der Waals surface area contributed by atoms with Gasteiger partial charge in [-0.05, 0) is 50.1 Å². The fourth-order valence-electron chi connectivity index (χ4n) is 2.06. The van der Waals surface area contributed by atoms with Crippen molar-refractivity contribution in [1.82, 2.24) is 0 Å². The SMILES string of the molecule is CC(=O)c1cc(Oc2c(F)ccc(C)c2C#N)ccc1C. The van der Waals surface area contributed by atoms with Crippen LogP contribution in [0.15, 0.2) is 30.3 Å². The number of hydrogen-bond acceptors (Lipinski definition) is 3. The molecule has 0 fully saturated rings. The molecular weight excluding hydrogens is 269 g/mol. The first-order valence-corrected chi connectivity index (χ1v) is 6.42. The molecule has 2 aromatic rings. The summed E-state index contributed by atoms with van der Waals surface area (Å²) in [6, 6.07) is 9.65. The number of ketones is 1. The molecule has 0 N–H and O–H groups in total. The van der Waals surface area contributed by atoms with Crippen LogP contribution in [0.25, 0.3) is 0 Å². The molecule has 0 saturated carbocycles.